The van der Waals surface area contributed by atoms with E-state index in [0.29, 0.717) is 0 Å². The van der Waals surface area contributed by atoms with Crippen LogP contribution in [0.1, 0.15) is 54.0 Å². The molecule has 0 saturated carbocycles. The van der Waals surface area contributed by atoms with Gasteiger partial charge in [0, 0.05) is 11.0 Å². The Morgan fingerprint density at radius 3 is 1.65 bits per heavy atom. The molecule has 0 spiro atoms. The first-order chi connectivity index (χ1) is 28.0. The van der Waals surface area contributed by atoms with Crippen molar-refractivity contribution in [2.75, 3.05) is 0 Å². The van der Waals surface area contributed by atoms with E-state index >= 15 is 0 Å². The molecule has 0 saturated heterocycles. The van der Waals surface area contributed by atoms with Gasteiger partial charge in [0.25, 0.3) is 0 Å². The van der Waals surface area contributed by atoms with E-state index in [4.69, 9.17) is 4.99 Å². The van der Waals surface area contributed by atoms with Crippen molar-refractivity contribution in [3.05, 3.63) is 216 Å². The summed E-state index contributed by atoms with van der Waals surface area (Å²) < 4.78 is 0. The average Bonchev–Trinajstić information content (AvgIpc) is 3.51. The van der Waals surface area contributed by atoms with Gasteiger partial charge in [0.05, 0.1) is 0 Å². The number of nitrogens with one attached hydrogen (secondary N) is 2. The number of rotatable bonds is 5. The van der Waals surface area contributed by atoms with Crippen LogP contribution in [0.3, 0.4) is 0 Å². The highest BCUT2D eigenvalue weighted by atomic mass is 15.3. The van der Waals surface area contributed by atoms with Crippen LogP contribution in [0.15, 0.2) is 193 Å². The van der Waals surface area contributed by atoms with Gasteiger partial charge in [-0.15, -0.1) is 0 Å². The fraction of sp³-hybridized carbons (Fsp3) is 0.0926. The highest BCUT2D eigenvalue weighted by molar-refractivity contribution is 6.25. The molecule has 11 rings (SSSR count). The predicted octanol–water partition coefficient (Wildman–Crippen LogP) is 13.1. The second kappa shape index (κ2) is 13.2. The minimum Gasteiger partial charge on any atom is -0.350 e. The molecule has 1 aliphatic heterocycles. The Bertz CT molecular complexity index is 3030. The van der Waals surface area contributed by atoms with E-state index < -0.39 is 0 Å². The highest BCUT2D eigenvalue weighted by Gasteiger charge is 2.35. The Morgan fingerprint density at radius 1 is 0.404 bits per heavy atom. The predicted molar refractivity (Wildman–Crippen MR) is 239 cm³/mol. The van der Waals surface area contributed by atoms with Gasteiger partial charge in [-0.05, 0) is 112 Å². The summed E-state index contributed by atoms with van der Waals surface area (Å²) in [4.78, 5) is 5.41. The third-order valence-electron chi connectivity index (χ3n) is 12.3. The number of fused-ring (bicyclic) bond motifs is 9. The van der Waals surface area contributed by atoms with Gasteiger partial charge in [-0.25, -0.2) is 4.99 Å². The Morgan fingerprint density at radius 2 is 0.947 bits per heavy atom. The standard InChI is InChI=1S/C54H41N3/c1-54(2)49-25-11-10-24-46(49)47-29-26-38(33-50(47)54)36-17-12-16-35(30-36)37-18-13-19-39(31-37)52-55-51(34-14-4-3-5-15-34)56-53(57-52)40-27-28-45-43-22-7-6-20-41(43)42-21-8-9-23-44(42)48(45)32-40/h3-33,51,53,56H,1-2H3,(H,55,57). The first kappa shape index (κ1) is 33.5. The minimum absolute atomic E-state index is 0.0407. The van der Waals surface area contributed by atoms with Crippen LogP contribution in [-0.4, -0.2) is 5.84 Å². The maximum atomic E-state index is 5.41. The summed E-state index contributed by atoms with van der Waals surface area (Å²) in [6.07, 6.45) is -0.391. The molecule has 57 heavy (non-hydrogen) atoms. The lowest BCUT2D eigenvalue weighted by atomic mass is 9.81. The minimum atomic E-state index is -0.261. The molecule has 0 aromatic heterocycles. The summed E-state index contributed by atoms with van der Waals surface area (Å²) in [5.41, 5.74) is 13.6. The molecule has 3 heteroatoms. The van der Waals surface area contributed by atoms with E-state index in [1.807, 2.05) is 0 Å². The zero-order chi connectivity index (χ0) is 38.1. The quantitative estimate of drug-likeness (QED) is 0.173. The molecule has 9 aromatic carbocycles. The van der Waals surface area contributed by atoms with Gasteiger partial charge in [-0.2, -0.15) is 0 Å². The second-order valence-corrected chi connectivity index (χ2v) is 16.0. The van der Waals surface area contributed by atoms with Gasteiger partial charge in [0.2, 0.25) is 0 Å². The Hall–Kier alpha value is -6.81. The number of hydrogen-bond donors (Lipinski definition) is 2. The van der Waals surface area contributed by atoms with Crippen LogP contribution in [0, 0.1) is 0 Å². The summed E-state index contributed by atoms with van der Waals surface area (Å²) in [6, 6.07) is 68.6. The lowest BCUT2D eigenvalue weighted by Crippen LogP contribution is -2.44. The summed E-state index contributed by atoms with van der Waals surface area (Å²) in [6.45, 7) is 4.69. The number of nitrogens with zero attached hydrogens (tertiary/aromatic N) is 1. The summed E-state index contributed by atoms with van der Waals surface area (Å²) in [5.74, 6) is 0.870. The topological polar surface area (TPSA) is 36.4 Å². The summed E-state index contributed by atoms with van der Waals surface area (Å²) in [5, 5.41) is 15.2. The maximum absolute atomic E-state index is 5.41. The molecule has 272 valence electrons. The van der Waals surface area contributed by atoms with Crippen molar-refractivity contribution in [2.24, 2.45) is 4.99 Å². The number of aliphatic imine (C=N–C) groups is 1. The normalized spacial score (nSPS) is 16.9. The molecule has 2 aliphatic rings. The molecule has 1 aliphatic carbocycles. The monoisotopic (exact) mass is 731 g/mol. The van der Waals surface area contributed by atoms with Crippen molar-refractivity contribution in [1.29, 1.82) is 0 Å². The molecular weight excluding hydrogens is 691 g/mol. The third kappa shape index (κ3) is 5.57. The maximum Gasteiger partial charge on any atom is 0.131 e. The van der Waals surface area contributed by atoms with Gasteiger partial charge >= 0.3 is 0 Å². The molecule has 2 atom stereocenters. The highest BCUT2D eigenvalue weighted by Crippen LogP contribution is 2.49. The Kier molecular flexibility index (Phi) is 7.74. The van der Waals surface area contributed by atoms with Crippen LogP contribution in [0.5, 0.6) is 0 Å². The van der Waals surface area contributed by atoms with E-state index in [0.717, 1.165) is 28.1 Å². The van der Waals surface area contributed by atoms with Crippen LogP contribution >= 0.6 is 0 Å². The van der Waals surface area contributed by atoms with Gasteiger partial charge < -0.3 is 5.32 Å². The Labute approximate surface area is 333 Å². The smallest absolute Gasteiger partial charge is 0.131 e. The molecule has 9 aromatic rings. The van der Waals surface area contributed by atoms with Crippen LogP contribution in [-0.2, 0) is 5.41 Å². The molecule has 1 heterocycles. The van der Waals surface area contributed by atoms with Gasteiger partial charge in [0.15, 0.2) is 0 Å². The van der Waals surface area contributed by atoms with E-state index in [2.05, 4.69) is 213 Å². The van der Waals surface area contributed by atoms with Crippen LogP contribution < -0.4 is 10.6 Å². The van der Waals surface area contributed by atoms with Gasteiger partial charge in [-0.3, -0.25) is 5.32 Å². The number of hydrogen-bond acceptors (Lipinski definition) is 3. The molecule has 2 unspecified atom stereocenters. The van der Waals surface area contributed by atoms with Crippen molar-refractivity contribution in [2.45, 2.75) is 31.6 Å². The third-order valence-corrected chi connectivity index (χ3v) is 12.3. The van der Waals surface area contributed by atoms with E-state index in [-0.39, 0.29) is 17.7 Å². The Balaban J connectivity index is 0.979. The van der Waals surface area contributed by atoms with E-state index in [9.17, 15) is 0 Å². The van der Waals surface area contributed by atoms with E-state index in [1.54, 1.807) is 0 Å². The zero-order valence-corrected chi connectivity index (χ0v) is 32.0. The van der Waals surface area contributed by atoms with E-state index in [1.165, 1.54) is 71.3 Å². The molecule has 0 fully saturated rings. The summed E-state index contributed by atoms with van der Waals surface area (Å²) in [7, 11) is 0. The first-order valence-electron chi connectivity index (χ1n) is 19.9. The fourth-order valence-corrected chi connectivity index (χ4v) is 9.40. The largest absolute Gasteiger partial charge is 0.350 e. The van der Waals surface area contributed by atoms with Crippen molar-refractivity contribution in [1.82, 2.24) is 10.6 Å². The molecule has 0 amide bonds. The van der Waals surface area contributed by atoms with Crippen LogP contribution in [0.2, 0.25) is 0 Å². The van der Waals surface area contributed by atoms with Crippen molar-refractivity contribution >= 4 is 38.2 Å². The SMILES string of the molecule is CC1(C)c2ccccc2-c2ccc(-c3cccc(-c4cccc(C5=NC(c6ccc7c8ccccc8c8ccccc8c7c6)NC(c6ccccc6)N5)c4)c3)cc21. The number of amidine groups is 1. The lowest BCUT2D eigenvalue weighted by Gasteiger charge is -2.32. The van der Waals surface area contributed by atoms with Crippen molar-refractivity contribution < 1.29 is 0 Å². The molecule has 2 N–H and O–H groups in total. The second-order valence-electron chi connectivity index (χ2n) is 16.0. The zero-order valence-electron chi connectivity index (χ0n) is 32.0. The average molecular weight is 732 g/mol. The van der Waals surface area contributed by atoms with Gasteiger partial charge in [0.1, 0.15) is 18.2 Å². The first-order valence-corrected chi connectivity index (χ1v) is 19.9. The van der Waals surface area contributed by atoms with Crippen molar-refractivity contribution in [3.8, 4) is 33.4 Å². The summed E-state index contributed by atoms with van der Waals surface area (Å²) >= 11 is 0. The molecule has 0 radical (unpaired) electrons. The number of benzene rings is 9. The lowest BCUT2D eigenvalue weighted by molar-refractivity contribution is 0.409. The molecular formula is C54H41N3. The fourth-order valence-electron chi connectivity index (χ4n) is 9.40. The van der Waals surface area contributed by atoms with Crippen molar-refractivity contribution in [3.63, 3.8) is 0 Å². The van der Waals surface area contributed by atoms with Gasteiger partial charge in [-0.1, -0.05) is 178 Å². The van der Waals surface area contributed by atoms with Crippen LogP contribution in [0.4, 0.5) is 0 Å². The molecule has 0 bridgehead atoms. The van der Waals surface area contributed by atoms with Crippen LogP contribution in [0.25, 0.3) is 65.7 Å². The molecule has 3 nitrogen and oxygen atoms in total.